The van der Waals surface area contributed by atoms with E-state index < -0.39 is 0 Å². The number of rotatable bonds is 8. The Kier molecular flexibility index (Phi) is 6.23. The third kappa shape index (κ3) is 4.74. The van der Waals surface area contributed by atoms with Gasteiger partial charge in [0.05, 0.1) is 5.56 Å². The van der Waals surface area contributed by atoms with Crippen LogP contribution in [0.25, 0.3) is 0 Å². The molecule has 2 rings (SSSR count). The molecule has 0 bridgehead atoms. The molecule has 0 unspecified atom stereocenters. The summed E-state index contributed by atoms with van der Waals surface area (Å²) < 4.78 is 0. The van der Waals surface area contributed by atoms with Crippen LogP contribution < -0.4 is 10.6 Å². The van der Waals surface area contributed by atoms with E-state index in [1.807, 2.05) is 0 Å². The van der Waals surface area contributed by atoms with Crippen molar-refractivity contribution < 1.29 is 4.79 Å². The van der Waals surface area contributed by atoms with Gasteiger partial charge < -0.3 is 10.2 Å². The number of carbonyl (C=O) groups excluding carboxylic acids is 1. The maximum atomic E-state index is 12.0. The van der Waals surface area contributed by atoms with Crippen molar-refractivity contribution in [2.24, 2.45) is 0 Å². The van der Waals surface area contributed by atoms with Crippen LogP contribution in [0.4, 0.5) is 10.9 Å². The average Bonchev–Trinajstić information content (AvgIpc) is 3.05. The number of likely N-dealkylation sites (N-methyl/N-ethyl adjacent to an activating group) is 1. The quantitative estimate of drug-likeness (QED) is 0.773. The molecule has 2 N–H and O–H groups in total. The standard InChI is InChI=1S/C14H20N6OS/c1-3-20(4-2)8-7-15-12-6-5-11(9-16-12)13(21)18-14-19-17-10-22-14/h5-6,9-10H,3-4,7-8H2,1-2H3,(H,15,16)(H,18,19,21). The minimum Gasteiger partial charge on any atom is -0.369 e. The molecule has 7 nitrogen and oxygen atoms in total. The molecule has 2 aromatic rings. The number of hydrogen-bond acceptors (Lipinski definition) is 7. The predicted molar refractivity (Wildman–Crippen MR) is 88.4 cm³/mol. The second kappa shape index (κ2) is 8.40. The lowest BCUT2D eigenvalue weighted by molar-refractivity contribution is 0.102. The highest BCUT2D eigenvalue weighted by Crippen LogP contribution is 2.11. The van der Waals surface area contributed by atoms with Crippen LogP contribution in [0.5, 0.6) is 0 Å². The van der Waals surface area contributed by atoms with E-state index in [-0.39, 0.29) is 5.91 Å². The number of amides is 1. The van der Waals surface area contributed by atoms with Crippen LogP contribution in [0.3, 0.4) is 0 Å². The fourth-order valence-electron chi connectivity index (χ4n) is 1.91. The van der Waals surface area contributed by atoms with E-state index in [1.165, 1.54) is 11.3 Å². The Morgan fingerprint density at radius 3 is 2.73 bits per heavy atom. The first kappa shape index (κ1) is 16.3. The van der Waals surface area contributed by atoms with Gasteiger partial charge in [-0.2, -0.15) is 0 Å². The van der Waals surface area contributed by atoms with Crippen molar-refractivity contribution in [3.63, 3.8) is 0 Å². The summed E-state index contributed by atoms with van der Waals surface area (Å²) in [6.45, 7) is 8.16. The Hall–Kier alpha value is -2.06. The molecule has 8 heteroatoms. The summed E-state index contributed by atoms with van der Waals surface area (Å²) in [7, 11) is 0. The van der Waals surface area contributed by atoms with Crippen molar-refractivity contribution in [1.29, 1.82) is 0 Å². The van der Waals surface area contributed by atoms with Gasteiger partial charge in [-0.3, -0.25) is 10.1 Å². The zero-order chi connectivity index (χ0) is 15.8. The molecule has 1 amide bonds. The lowest BCUT2D eigenvalue weighted by atomic mass is 10.2. The molecule has 2 heterocycles. The van der Waals surface area contributed by atoms with Crippen molar-refractivity contribution in [2.45, 2.75) is 13.8 Å². The van der Waals surface area contributed by atoms with E-state index in [1.54, 1.807) is 23.8 Å². The fourth-order valence-corrected chi connectivity index (χ4v) is 2.35. The first-order chi connectivity index (χ1) is 10.7. The molecule has 0 saturated heterocycles. The number of nitrogens with zero attached hydrogens (tertiary/aromatic N) is 4. The zero-order valence-corrected chi connectivity index (χ0v) is 13.6. The van der Waals surface area contributed by atoms with Gasteiger partial charge in [0.15, 0.2) is 0 Å². The molecule has 0 fully saturated rings. The highest BCUT2D eigenvalue weighted by Gasteiger charge is 2.08. The molecule has 118 valence electrons. The maximum Gasteiger partial charge on any atom is 0.259 e. The van der Waals surface area contributed by atoms with E-state index in [0.29, 0.717) is 10.7 Å². The van der Waals surface area contributed by atoms with E-state index in [9.17, 15) is 4.79 Å². The number of anilines is 2. The first-order valence-electron chi connectivity index (χ1n) is 7.22. The van der Waals surface area contributed by atoms with Gasteiger partial charge in [0.25, 0.3) is 5.91 Å². The van der Waals surface area contributed by atoms with E-state index in [0.717, 1.165) is 32.0 Å². The van der Waals surface area contributed by atoms with Crippen molar-refractivity contribution in [3.8, 4) is 0 Å². The normalized spacial score (nSPS) is 10.7. The van der Waals surface area contributed by atoms with Crippen LogP contribution in [-0.4, -0.2) is 52.2 Å². The monoisotopic (exact) mass is 320 g/mol. The average molecular weight is 320 g/mol. The van der Waals surface area contributed by atoms with Crippen molar-refractivity contribution in [1.82, 2.24) is 20.1 Å². The highest BCUT2D eigenvalue weighted by atomic mass is 32.1. The van der Waals surface area contributed by atoms with Crippen molar-refractivity contribution in [3.05, 3.63) is 29.4 Å². The van der Waals surface area contributed by atoms with Gasteiger partial charge in [-0.15, -0.1) is 10.2 Å². The number of pyridine rings is 1. The van der Waals surface area contributed by atoms with Crippen LogP contribution in [0, 0.1) is 0 Å². The van der Waals surface area contributed by atoms with Crippen molar-refractivity contribution >= 4 is 28.2 Å². The maximum absolute atomic E-state index is 12.0. The molecular formula is C14H20N6OS. The van der Waals surface area contributed by atoms with Gasteiger partial charge in [0, 0.05) is 19.3 Å². The molecule has 2 aromatic heterocycles. The van der Waals surface area contributed by atoms with E-state index in [2.05, 4.69) is 44.6 Å². The van der Waals surface area contributed by atoms with Crippen molar-refractivity contribution in [2.75, 3.05) is 36.8 Å². The zero-order valence-electron chi connectivity index (χ0n) is 12.7. The Bertz CT molecular complexity index is 568. The fraction of sp³-hybridized carbons (Fsp3) is 0.429. The third-order valence-electron chi connectivity index (χ3n) is 3.23. The second-order valence-electron chi connectivity index (χ2n) is 4.58. The van der Waals surface area contributed by atoms with Crippen LogP contribution >= 0.6 is 11.3 Å². The molecule has 0 atom stereocenters. The molecule has 0 spiro atoms. The SMILES string of the molecule is CCN(CC)CCNc1ccc(C(=O)Nc2nncs2)cn1. The summed E-state index contributed by atoms with van der Waals surface area (Å²) in [5, 5.41) is 13.8. The molecule has 0 aliphatic heterocycles. The minimum absolute atomic E-state index is 0.237. The molecule has 22 heavy (non-hydrogen) atoms. The summed E-state index contributed by atoms with van der Waals surface area (Å²) in [5.41, 5.74) is 2.06. The Labute approximate surface area is 133 Å². The van der Waals surface area contributed by atoms with E-state index in [4.69, 9.17) is 0 Å². The van der Waals surface area contributed by atoms with E-state index >= 15 is 0 Å². The summed E-state index contributed by atoms with van der Waals surface area (Å²) in [4.78, 5) is 18.5. The summed E-state index contributed by atoms with van der Waals surface area (Å²) in [6.07, 6.45) is 1.55. The van der Waals surface area contributed by atoms with Gasteiger partial charge in [-0.05, 0) is 25.2 Å². The Morgan fingerprint density at radius 2 is 2.14 bits per heavy atom. The number of nitrogens with one attached hydrogen (secondary N) is 2. The Balaban J connectivity index is 1.83. The number of aromatic nitrogens is 3. The topological polar surface area (TPSA) is 83.0 Å². The van der Waals surface area contributed by atoms with Crippen LogP contribution in [0.15, 0.2) is 23.8 Å². The molecule has 0 radical (unpaired) electrons. The predicted octanol–water partition coefficient (Wildman–Crippen LogP) is 1.94. The molecule has 0 aliphatic rings. The van der Waals surface area contributed by atoms with Gasteiger partial charge in [0.1, 0.15) is 11.3 Å². The first-order valence-corrected chi connectivity index (χ1v) is 8.10. The second-order valence-corrected chi connectivity index (χ2v) is 5.42. The molecule has 0 aromatic carbocycles. The lowest BCUT2D eigenvalue weighted by Crippen LogP contribution is -2.28. The van der Waals surface area contributed by atoms with Gasteiger partial charge in [0.2, 0.25) is 5.13 Å². The summed E-state index contributed by atoms with van der Waals surface area (Å²) in [6, 6.07) is 3.54. The number of carbonyl (C=O) groups is 1. The molecular weight excluding hydrogens is 300 g/mol. The van der Waals surface area contributed by atoms with Crippen LogP contribution in [0.2, 0.25) is 0 Å². The third-order valence-corrected chi connectivity index (χ3v) is 3.84. The summed E-state index contributed by atoms with van der Waals surface area (Å²) >= 11 is 1.28. The number of hydrogen-bond donors (Lipinski definition) is 2. The van der Waals surface area contributed by atoms with Gasteiger partial charge in [-0.1, -0.05) is 25.2 Å². The Morgan fingerprint density at radius 1 is 1.32 bits per heavy atom. The largest absolute Gasteiger partial charge is 0.369 e. The summed E-state index contributed by atoms with van der Waals surface area (Å²) in [5.74, 6) is 0.526. The van der Waals surface area contributed by atoms with Crippen LogP contribution in [-0.2, 0) is 0 Å². The smallest absolute Gasteiger partial charge is 0.259 e. The highest BCUT2D eigenvalue weighted by molar-refractivity contribution is 7.13. The van der Waals surface area contributed by atoms with Crippen LogP contribution in [0.1, 0.15) is 24.2 Å². The molecule has 0 aliphatic carbocycles. The van der Waals surface area contributed by atoms with Gasteiger partial charge in [-0.25, -0.2) is 4.98 Å². The lowest BCUT2D eigenvalue weighted by Gasteiger charge is -2.18. The minimum atomic E-state index is -0.237. The van der Waals surface area contributed by atoms with Gasteiger partial charge >= 0.3 is 0 Å². The molecule has 0 saturated carbocycles.